The van der Waals surface area contributed by atoms with Crippen molar-refractivity contribution in [3.63, 3.8) is 0 Å². The predicted molar refractivity (Wildman–Crippen MR) is 108 cm³/mol. The molecule has 0 radical (unpaired) electrons. The Morgan fingerprint density at radius 2 is 1.79 bits per heavy atom. The zero-order chi connectivity index (χ0) is 20.1. The van der Waals surface area contributed by atoms with Crippen molar-refractivity contribution in [1.29, 1.82) is 0 Å². The zero-order valence-corrected chi connectivity index (χ0v) is 16.9. The normalized spacial score (nSPS) is 14.6. The molecule has 28 heavy (non-hydrogen) atoms. The van der Waals surface area contributed by atoms with Crippen LogP contribution in [0.3, 0.4) is 0 Å². The summed E-state index contributed by atoms with van der Waals surface area (Å²) in [5.41, 5.74) is 1.19. The lowest BCUT2D eigenvalue weighted by Gasteiger charge is -2.33. The maximum Gasteiger partial charge on any atom is 0.272 e. The molecule has 1 aliphatic heterocycles. The molecule has 1 N–H and O–H groups in total. The molecule has 2 aromatic rings. The number of aryl methyl sites for hydroxylation is 1. The van der Waals surface area contributed by atoms with Crippen molar-refractivity contribution in [2.24, 2.45) is 0 Å². The van der Waals surface area contributed by atoms with E-state index in [0.29, 0.717) is 41.9 Å². The molecule has 1 fully saturated rings. The minimum atomic E-state index is -0.0587. The summed E-state index contributed by atoms with van der Waals surface area (Å²) in [6, 6.07) is 7.19. The molecule has 3 rings (SSSR count). The van der Waals surface area contributed by atoms with Crippen LogP contribution >= 0.6 is 0 Å². The summed E-state index contributed by atoms with van der Waals surface area (Å²) in [4.78, 5) is 25.8. The maximum absolute atomic E-state index is 12.9. The minimum absolute atomic E-state index is 0.0587. The van der Waals surface area contributed by atoms with Crippen molar-refractivity contribution in [3.05, 3.63) is 35.8 Å². The van der Waals surface area contributed by atoms with Crippen LogP contribution in [0.25, 0.3) is 0 Å². The number of nitrogens with one attached hydrogen (secondary N) is 1. The standard InChI is InChI=1S/C20H27N5O3/c1-5-24-8-10-25(11-9-24)20(26)16-13-19(22-14(2)21-16)23-15-6-7-17(27-3)18(12-15)28-4/h6-7,12-13H,5,8-11H2,1-4H3,(H,21,22,23). The van der Waals surface area contributed by atoms with Gasteiger partial charge in [-0.05, 0) is 25.6 Å². The van der Waals surface area contributed by atoms with Crippen LogP contribution in [0.2, 0.25) is 0 Å². The van der Waals surface area contributed by atoms with Crippen molar-refractivity contribution < 1.29 is 14.3 Å². The highest BCUT2D eigenvalue weighted by molar-refractivity contribution is 5.93. The summed E-state index contributed by atoms with van der Waals surface area (Å²) in [5.74, 6) is 2.31. The molecule has 0 bridgehead atoms. The average Bonchev–Trinajstić information content (AvgIpc) is 2.72. The summed E-state index contributed by atoms with van der Waals surface area (Å²) in [6.07, 6.45) is 0. The Morgan fingerprint density at radius 1 is 1.07 bits per heavy atom. The number of anilines is 2. The Bertz CT molecular complexity index is 835. The van der Waals surface area contributed by atoms with E-state index in [0.717, 1.165) is 25.3 Å². The molecule has 1 aromatic carbocycles. The molecule has 8 nitrogen and oxygen atoms in total. The molecule has 0 spiro atoms. The lowest BCUT2D eigenvalue weighted by Crippen LogP contribution is -2.48. The van der Waals surface area contributed by atoms with Gasteiger partial charge in [0.2, 0.25) is 0 Å². The number of rotatable bonds is 6. The molecule has 2 heterocycles. The Morgan fingerprint density at radius 3 is 2.43 bits per heavy atom. The van der Waals surface area contributed by atoms with Crippen molar-refractivity contribution in [2.45, 2.75) is 13.8 Å². The third-order valence-electron chi connectivity index (χ3n) is 4.82. The quantitative estimate of drug-likeness (QED) is 0.817. The van der Waals surface area contributed by atoms with Crippen LogP contribution in [0.15, 0.2) is 24.3 Å². The summed E-state index contributed by atoms with van der Waals surface area (Å²) in [6.45, 7) is 8.14. The van der Waals surface area contributed by atoms with Gasteiger partial charge in [0.15, 0.2) is 11.5 Å². The molecule has 150 valence electrons. The van der Waals surface area contributed by atoms with Crippen LogP contribution in [0, 0.1) is 6.92 Å². The minimum Gasteiger partial charge on any atom is -0.493 e. The van der Waals surface area contributed by atoms with Gasteiger partial charge in [-0.2, -0.15) is 0 Å². The van der Waals surface area contributed by atoms with E-state index in [2.05, 4.69) is 27.1 Å². The molecule has 1 aromatic heterocycles. The highest BCUT2D eigenvalue weighted by Gasteiger charge is 2.23. The van der Waals surface area contributed by atoms with Crippen molar-refractivity contribution >= 4 is 17.4 Å². The van der Waals surface area contributed by atoms with E-state index < -0.39 is 0 Å². The fraction of sp³-hybridized carbons (Fsp3) is 0.450. The number of likely N-dealkylation sites (N-methyl/N-ethyl adjacent to an activating group) is 1. The van der Waals surface area contributed by atoms with Gasteiger partial charge in [-0.15, -0.1) is 0 Å². The van der Waals surface area contributed by atoms with Gasteiger partial charge in [-0.1, -0.05) is 6.92 Å². The Hall–Kier alpha value is -2.87. The summed E-state index contributed by atoms with van der Waals surface area (Å²) < 4.78 is 10.6. The second kappa shape index (κ2) is 8.88. The van der Waals surface area contributed by atoms with Gasteiger partial charge in [-0.25, -0.2) is 9.97 Å². The molecule has 8 heteroatoms. The van der Waals surface area contributed by atoms with E-state index in [9.17, 15) is 4.79 Å². The number of hydrogen-bond acceptors (Lipinski definition) is 7. The van der Waals surface area contributed by atoms with Crippen LogP contribution in [0.5, 0.6) is 11.5 Å². The van der Waals surface area contributed by atoms with Gasteiger partial charge in [0.25, 0.3) is 5.91 Å². The summed E-state index contributed by atoms with van der Waals surface area (Å²) >= 11 is 0. The average molecular weight is 385 g/mol. The fourth-order valence-electron chi connectivity index (χ4n) is 3.23. The Balaban J connectivity index is 1.77. The molecular formula is C20H27N5O3. The number of benzene rings is 1. The van der Waals surface area contributed by atoms with Gasteiger partial charge >= 0.3 is 0 Å². The second-order valence-corrected chi connectivity index (χ2v) is 6.61. The number of carbonyl (C=O) groups is 1. The first-order valence-corrected chi connectivity index (χ1v) is 9.40. The lowest BCUT2D eigenvalue weighted by molar-refractivity contribution is 0.0637. The summed E-state index contributed by atoms with van der Waals surface area (Å²) in [5, 5.41) is 3.22. The second-order valence-electron chi connectivity index (χ2n) is 6.61. The van der Waals surface area contributed by atoms with Crippen LogP contribution in [-0.4, -0.2) is 72.6 Å². The van der Waals surface area contributed by atoms with E-state index >= 15 is 0 Å². The highest BCUT2D eigenvalue weighted by Crippen LogP contribution is 2.31. The third kappa shape index (κ3) is 4.51. The monoisotopic (exact) mass is 385 g/mol. The number of methoxy groups -OCH3 is 2. The molecule has 0 atom stereocenters. The number of nitrogens with zero attached hydrogens (tertiary/aromatic N) is 4. The van der Waals surface area contributed by atoms with Gasteiger partial charge in [0.1, 0.15) is 17.3 Å². The van der Waals surface area contributed by atoms with Crippen LogP contribution in [0.1, 0.15) is 23.2 Å². The van der Waals surface area contributed by atoms with Crippen LogP contribution in [0.4, 0.5) is 11.5 Å². The van der Waals surface area contributed by atoms with Gasteiger partial charge in [0.05, 0.1) is 14.2 Å². The Labute approximate surface area is 165 Å². The molecule has 1 aliphatic rings. The Kier molecular flexibility index (Phi) is 6.30. The molecule has 1 amide bonds. The van der Waals surface area contributed by atoms with Crippen molar-refractivity contribution in [1.82, 2.24) is 19.8 Å². The summed E-state index contributed by atoms with van der Waals surface area (Å²) in [7, 11) is 3.18. The van der Waals surface area contributed by atoms with E-state index in [-0.39, 0.29) is 5.91 Å². The number of aromatic nitrogens is 2. The first-order chi connectivity index (χ1) is 13.5. The fourth-order valence-corrected chi connectivity index (χ4v) is 3.23. The number of hydrogen-bond donors (Lipinski definition) is 1. The largest absolute Gasteiger partial charge is 0.493 e. The number of piperazine rings is 1. The van der Waals surface area contributed by atoms with E-state index in [1.54, 1.807) is 27.2 Å². The molecule has 0 aliphatic carbocycles. The van der Waals surface area contributed by atoms with Crippen LogP contribution < -0.4 is 14.8 Å². The number of carbonyl (C=O) groups excluding carboxylic acids is 1. The molecule has 0 saturated carbocycles. The SMILES string of the molecule is CCN1CCN(C(=O)c2cc(Nc3ccc(OC)c(OC)c3)nc(C)n2)CC1. The topological polar surface area (TPSA) is 79.8 Å². The van der Waals surface area contributed by atoms with E-state index in [4.69, 9.17) is 9.47 Å². The molecule has 1 saturated heterocycles. The third-order valence-corrected chi connectivity index (χ3v) is 4.82. The smallest absolute Gasteiger partial charge is 0.272 e. The highest BCUT2D eigenvalue weighted by atomic mass is 16.5. The van der Waals surface area contributed by atoms with Crippen molar-refractivity contribution in [2.75, 3.05) is 52.3 Å². The van der Waals surface area contributed by atoms with Gasteiger partial charge in [-0.3, -0.25) is 4.79 Å². The molecular weight excluding hydrogens is 358 g/mol. The van der Waals surface area contributed by atoms with Crippen LogP contribution in [-0.2, 0) is 0 Å². The number of ether oxygens (including phenoxy) is 2. The van der Waals surface area contributed by atoms with Gasteiger partial charge < -0.3 is 24.6 Å². The maximum atomic E-state index is 12.9. The number of amides is 1. The zero-order valence-electron chi connectivity index (χ0n) is 16.9. The van der Waals surface area contributed by atoms with Gasteiger partial charge in [0, 0.05) is 44.0 Å². The first kappa shape index (κ1) is 19.9. The lowest BCUT2D eigenvalue weighted by atomic mass is 10.2. The predicted octanol–water partition coefficient (Wildman–Crippen LogP) is 2.32. The van der Waals surface area contributed by atoms with E-state index in [1.165, 1.54) is 0 Å². The van der Waals surface area contributed by atoms with E-state index in [1.807, 2.05) is 23.1 Å². The molecule has 0 unspecified atom stereocenters. The first-order valence-electron chi connectivity index (χ1n) is 9.40. The van der Waals surface area contributed by atoms with Crippen molar-refractivity contribution in [3.8, 4) is 11.5 Å².